The molecule has 1 aromatic carbocycles. The van der Waals surface area contributed by atoms with Crippen molar-refractivity contribution in [2.24, 2.45) is 11.8 Å². The molecule has 1 saturated heterocycles. The van der Waals surface area contributed by atoms with Crippen molar-refractivity contribution in [3.05, 3.63) is 18.2 Å². The smallest absolute Gasteiger partial charge is 0.228 e. The third-order valence-corrected chi connectivity index (χ3v) is 5.13. The van der Waals surface area contributed by atoms with Gasteiger partial charge in [-0.15, -0.1) is 0 Å². The molecule has 2 fully saturated rings. The Labute approximate surface area is 148 Å². The molecule has 2 aliphatic rings. The molecular formula is C19H27N3O3. The normalized spacial score (nSPS) is 20.9. The van der Waals surface area contributed by atoms with Crippen molar-refractivity contribution in [1.82, 2.24) is 5.32 Å². The molecule has 0 aromatic heterocycles. The number of hydrogen-bond donors (Lipinski definition) is 3. The first kappa shape index (κ1) is 17.7. The molecule has 2 amide bonds. The van der Waals surface area contributed by atoms with E-state index in [0.29, 0.717) is 23.7 Å². The molecule has 1 heterocycles. The fraction of sp³-hybridized carbons (Fsp3) is 0.579. The summed E-state index contributed by atoms with van der Waals surface area (Å²) < 4.78 is 5.36. The van der Waals surface area contributed by atoms with Crippen LogP contribution >= 0.6 is 0 Å². The van der Waals surface area contributed by atoms with E-state index in [-0.39, 0.29) is 23.7 Å². The number of anilines is 2. The van der Waals surface area contributed by atoms with Gasteiger partial charge in [0.1, 0.15) is 5.75 Å². The molecule has 1 saturated carbocycles. The summed E-state index contributed by atoms with van der Waals surface area (Å²) in [5.74, 6) is 0.731. The molecular weight excluding hydrogens is 318 g/mol. The lowest BCUT2D eigenvalue weighted by Crippen LogP contribution is -2.26. The first-order chi connectivity index (χ1) is 12.2. The van der Waals surface area contributed by atoms with Crippen molar-refractivity contribution in [1.29, 1.82) is 0 Å². The number of amides is 2. The SMILES string of the molecule is COc1ccc(NC(=O)C2CCNC2)cc1NC(=O)C1CCCCC1. The van der Waals surface area contributed by atoms with Crippen molar-refractivity contribution in [3.8, 4) is 5.75 Å². The molecule has 136 valence electrons. The van der Waals surface area contributed by atoms with Crippen LogP contribution in [0.2, 0.25) is 0 Å². The Kier molecular flexibility index (Phi) is 5.91. The van der Waals surface area contributed by atoms with Crippen LogP contribution in [0.15, 0.2) is 18.2 Å². The quantitative estimate of drug-likeness (QED) is 0.767. The van der Waals surface area contributed by atoms with Gasteiger partial charge in [0.25, 0.3) is 0 Å². The molecule has 1 unspecified atom stereocenters. The van der Waals surface area contributed by atoms with E-state index in [1.54, 1.807) is 25.3 Å². The topological polar surface area (TPSA) is 79.5 Å². The van der Waals surface area contributed by atoms with Crippen LogP contribution in [0.1, 0.15) is 38.5 Å². The van der Waals surface area contributed by atoms with E-state index in [9.17, 15) is 9.59 Å². The summed E-state index contributed by atoms with van der Waals surface area (Å²) in [5, 5.41) is 9.12. The summed E-state index contributed by atoms with van der Waals surface area (Å²) in [7, 11) is 1.58. The number of benzene rings is 1. The van der Waals surface area contributed by atoms with Crippen LogP contribution in [0.5, 0.6) is 5.75 Å². The van der Waals surface area contributed by atoms with E-state index in [0.717, 1.165) is 38.6 Å². The standard InChI is InChI=1S/C19H27N3O3/c1-25-17-8-7-15(21-19(24)14-9-10-20-12-14)11-16(17)22-18(23)13-5-3-2-4-6-13/h7-8,11,13-14,20H,2-6,9-10,12H2,1H3,(H,21,24)(H,22,23). The Hall–Kier alpha value is -2.08. The van der Waals surface area contributed by atoms with Crippen LogP contribution < -0.4 is 20.7 Å². The second kappa shape index (κ2) is 8.34. The summed E-state index contributed by atoms with van der Waals surface area (Å²) in [6.45, 7) is 1.59. The van der Waals surface area contributed by atoms with Gasteiger partial charge in [0.05, 0.1) is 18.7 Å². The van der Waals surface area contributed by atoms with E-state index in [1.807, 2.05) is 0 Å². The molecule has 3 N–H and O–H groups in total. The van der Waals surface area contributed by atoms with Crippen molar-refractivity contribution >= 4 is 23.2 Å². The molecule has 1 atom stereocenters. The van der Waals surface area contributed by atoms with E-state index >= 15 is 0 Å². The number of carbonyl (C=O) groups is 2. The second-order valence-electron chi connectivity index (χ2n) is 6.92. The van der Waals surface area contributed by atoms with Gasteiger partial charge in [-0.25, -0.2) is 0 Å². The van der Waals surface area contributed by atoms with Gasteiger partial charge in [-0.3, -0.25) is 9.59 Å². The first-order valence-electron chi connectivity index (χ1n) is 9.18. The molecule has 0 spiro atoms. The summed E-state index contributed by atoms with van der Waals surface area (Å²) in [5.41, 5.74) is 1.29. The number of rotatable bonds is 5. The second-order valence-corrected chi connectivity index (χ2v) is 6.92. The zero-order valence-electron chi connectivity index (χ0n) is 14.8. The van der Waals surface area contributed by atoms with Crippen LogP contribution in [0.3, 0.4) is 0 Å². The Morgan fingerprint density at radius 1 is 1.04 bits per heavy atom. The highest BCUT2D eigenvalue weighted by Gasteiger charge is 2.24. The molecule has 6 heteroatoms. The minimum Gasteiger partial charge on any atom is -0.495 e. The lowest BCUT2D eigenvalue weighted by Gasteiger charge is -2.21. The molecule has 0 bridgehead atoms. The predicted octanol–water partition coefficient (Wildman–Crippen LogP) is 2.76. The zero-order chi connectivity index (χ0) is 17.6. The van der Waals surface area contributed by atoms with Crippen LogP contribution in [0.25, 0.3) is 0 Å². The number of methoxy groups -OCH3 is 1. The van der Waals surface area contributed by atoms with Gasteiger partial charge in [-0.05, 0) is 44.0 Å². The maximum Gasteiger partial charge on any atom is 0.228 e. The van der Waals surface area contributed by atoms with Crippen molar-refractivity contribution in [3.63, 3.8) is 0 Å². The Morgan fingerprint density at radius 3 is 2.48 bits per heavy atom. The van der Waals surface area contributed by atoms with Gasteiger partial charge < -0.3 is 20.7 Å². The summed E-state index contributed by atoms with van der Waals surface area (Å²) in [6.07, 6.45) is 6.18. The van der Waals surface area contributed by atoms with E-state index in [4.69, 9.17) is 4.74 Å². The van der Waals surface area contributed by atoms with Crippen LogP contribution in [0, 0.1) is 11.8 Å². The highest BCUT2D eigenvalue weighted by Crippen LogP contribution is 2.31. The van der Waals surface area contributed by atoms with Crippen molar-refractivity contribution < 1.29 is 14.3 Å². The molecule has 25 heavy (non-hydrogen) atoms. The van der Waals surface area contributed by atoms with Gasteiger partial charge in [-0.1, -0.05) is 19.3 Å². The number of ether oxygens (including phenoxy) is 1. The summed E-state index contributed by atoms with van der Waals surface area (Å²) in [6, 6.07) is 5.36. The lowest BCUT2D eigenvalue weighted by molar-refractivity contribution is -0.121. The summed E-state index contributed by atoms with van der Waals surface area (Å²) >= 11 is 0. The highest BCUT2D eigenvalue weighted by molar-refractivity contribution is 5.97. The van der Waals surface area contributed by atoms with Gasteiger partial charge in [-0.2, -0.15) is 0 Å². The third kappa shape index (κ3) is 4.51. The zero-order valence-corrected chi connectivity index (χ0v) is 14.8. The van der Waals surface area contributed by atoms with Crippen LogP contribution in [-0.4, -0.2) is 32.0 Å². The first-order valence-corrected chi connectivity index (χ1v) is 9.18. The minimum absolute atomic E-state index is 0.00221. The maximum absolute atomic E-state index is 12.5. The number of hydrogen-bond acceptors (Lipinski definition) is 4. The van der Waals surface area contributed by atoms with Crippen LogP contribution in [-0.2, 0) is 9.59 Å². The third-order valence-electron chi connectivity index (χ3n) is 5.13. The number of carbonyl (C=O) groups excluding carboxylic acids is 2. The van der Waals surface area contributed by atoms with E-state index in [2.05, 4.69) is 16.0 Å². The van der Waals surface area contributed by atoms with Gasteiger partial charge >= 0.3 is 0 Å². The monoisotopic (exact) mass is 345 g/mol. The Balaban J connectivity index is 1.68. The molecule has 1 aliphatic heterocycles. The van der Waals surface area contributed by atoms with Crippen molar-refractivity contribution in [2.45, 2.75) is 38.5 Å². The average Bonchev–Trinajstić information content (AvgIpc) is 3.17. The van der Waals surface area contributed by atoms with Crippen LogP contribution in [0.4, 0.5) is 11.4 Å². The van der Waals surface area contributed by atoms with E-state index in [1.165, 1.54) is 6.42 Å². The fourth-order valence-electron chi connectivity index (χ4n) is 3.61. The largest absolute Gasteiger partial charge is 0.495 e. The maximum atomic E-state index is 12.5. The predicted molar refractivity (Wildman–Crippen MR) is 97.8 cm³/mol. The Morgan fingerprint density at radius 2 is 1.80 bits per heavy atom. The molecule has 3 rings (SSSR count). The van der Waals surface area contributed by atoms with Gasteiger partial charge in [0.15, 0.2) is 0 Å². The van der Waals surface area contributed by atoms with Gasteiger partial charge in [0, 0.05) is 18.2 Å². The van der Waals surface area contributed by atoms with Crippen molar-refractivity contribution in [2.75, 3.05) is 30.8 Å². The molecule has 1 aliphatic carbocycles. The van der Waals surface area contributed by atoms with Gasteiger partial charge in [0.2, 0.25) is 11.8 Å². The van der Waals surface area contributed by atoms with E-state index < -0.39 is 0 Å². The molecule has 6 nitrogen and oxygen atoms in total. The molecule has 0 radical (unpaired) electrons. The Bertz CT molecular complexity index is 620. The summed E-state index contributed by atoms with van der Waals surface area (Å²) in [4.78, 5) is 24.8. The average molecular weight is 345 g/mol. The minimum atomic E-state index is 0.00221. The fourth-order valence-corrected chi connectivity index (χ4v) is 3.61. The lowest BCUT2D eigenvalue weighted by atomic mass is 9.88. The highest BCUT2D eigenvalue weighted by atomic mass is 16.5. The number of nitrogens with one attached hydrogen (secondary N) is 3. The molecule has 1 aromatic rings.